The van der Waals surface area contributed by atoms with Crippen molar-refractivity contribution in [3.8, 4) is 0 Å². The molecule has 0 spiro atoms. The second-order valence-corrected chi connectivity index (χ2v) is 6.59. The standard InChI is InChI=1S/C9H16N2O2S2/c1-8-3-4-9(14-8)7-11-15(12,13)6-2-5-10/h3-4,11H,2,5-7,10H2,1H3. The molecule has 0 aliphatic heterocycles. The Bertz CT molecular complexity index is 398. The fraction of sp³-hybridized carbons (Fsp3) is 0.556. The number of sulfonamides is 1. The first kappa shape index (κ1) is 12.6. The molecule has 1 aromatic rings. The van der Waals surface area contributed by atoms with Gasteiger partial charge in [0.2, 0.25) is 10.0 Å². The van der Waals surface area contributed by atoms with Crippen LogP contribution in [-0.2, 0) is 16.6 Å². The van der Waals surface area contributed by atoms with Crippen LogP contribution in [0.4, 0.5) is 0 Å². The van der Waals surface area contributed by atoms with Gasteiger partial charge >= 0.3 is 0 Å². The molecule has 0 fully saturated rings. The third-order valence-electron chi connectivity index (χ3n) is 1.88. The van der Waals surface area contributed by atoms with Crippen molar-refractivity contribution in [2.45, 2.75) is 19.9 Å². The summed E-state index contributed by atoms with van der Waals surface area (Å²) in [6.07, 6.45) is 0.499. The summed E-state index contributed by atoms with van der Waals surface area (Å²) in [6.45, 7) is 2.78. The Hall–Kier alpha value is -0.430. The maximum absolute atomic E-state index is 11.4. The SMILES string of the molecule is Cc1ccc(CNS(=O)(=O)CCCN)s1. The summed E-state index contributed by atoms with van der Waals surface area (Å²) in [7, 11) is -3.16. The number of aryl methyl sites for hydroxylation is 1. The van der Waals surface area contributed by atoms with Crippen LogP contribution >= 0.6 is 11.3 Å². The molecular weight excluding hydrogens is 232 g/mol. The van der Waals surface area contributed by atoms with Crippen LogP contribution in [0, 0.1) is 6.92 Å². The van der Waals surface area contributed by atoms with Gasteiger partial charge in [0.25, 0.3) is 0 Å². The summed E-state index contributed by atoms with van der Waals surface area (Å²) < 4.78 is 25.4. The third-order valence-corrected chi connectivity index (χ3v) is 4.29. The normalized spacial score (nSPS) is 11.9. The lowest BCUT2D eigenvalue weighted by Gasteiger charge is -2.03. The smallest absolute Gasteiger partial charge is 0.211 e. The van der Waals surface area contributed by atoms with Crippen LogP contribution in [0.15, 0.2) is 12.1 Å². The van der Waals surface area contributed by atoms with Crippen LogP contribution < -0.4 is 10.5 Å². The zero-order valence-corrected chi connectivity index (χ0v) is 10.3. The highest BCUT2D eigenvalue weighted by atomic mass is 32.2. The zero-order valence-electron chi connectivity index (χ0n) is 8.69. The van der Waals surface area contributed by atoms with E-state index in [-0.39, 0.29) is 5.75 Å². The third kappa shape index (κ3) is 4.74. The lowest BCUT2D eigenvalue weighted by atomic mass is 10.4. The number of nitrogens with one attached hydrogen (secondary N) is 1. The van der Waals surface area contributed by atoms with Crippen LogP contribution in [0.2, 0.25) is 0 Å². The monoisotopic (exact) mass is 248 g/mol. The van der Waals surface area contributed by atoms with Crippen molar-refractivity contribution in [1.82, 2.24) is 4.72 Å². The Labute approximate surface area is 94.5 Å². The van der Waals surface area contributed by atoms with Gasteiger partial charge in [-0.2, -0.15) is 0 Å². The molecule has 0 saturated heterocycles. The molecule has 0 aliphatic carbocycles. The highest BCUT2D eigenvalue weighted by molar-refractivity contribution is 7.89. The van der Waals surface area contributed by atoms with Gasteiger partial charge in [0, 0.05) is 16.3 Å². The average Bonchev–Trinajstić information content (AvgIpc) is 2.59. The first-order valence-corrected chi connectivity index (χ1v) is 7.23. The molecule has 0 atom stereocenters. The number of nitrogens with two attached hydrogens (primary N) is 1. The van der Waals surface area contributed by atoms with Gasteiger partial charge in [-0.05, 0) is 32.0 Å². The highest BCUT2D eigenvalue weighted by Gasteiger charge is 2.09. The van der Waals surface area contributed by atoms with E-state index in [1.165, 1.54) is 4.88 Å². The van der Waals surface area contributed by atoms with Crippen LogP contribution in [0.25, 0.3) is 0 Å². The lowest BCUT2D eigenvalue weighted by Crippen LogP contribution is -2.26. The largest absolute Gasteiger partial charge is 0.330 e. The predicted octanol–water partition coefficient (Wildman–Crippen LogP) is 0.825. The molecule has 0 radical (unpaired) electrons. The summed E-state index contributed by atoms with van der Waals surface area (Å²) in [5.41, 5.74) is 5.26. The van der Waals surface area contributed by atoms with Crippen molar-refractivity contribution < 1.29 is 8.42 Å². The molecular formula is C9H16N2O2S2. The minimum atomic E-state index is -3.16. The average molecular weight is 248 g/mol. The maximum Gasteiger partial charge on any atom is 0.211 e. The number of hydrogen-bond donors (Lipinski definition) is 2. The molecule has 86 valence electrons. The van der Waals surface area contributed by atoms with Gasteiger partial charge in [0.05, 0.1) is 5.75 Å². The van der Waals surface area contributed by atoms with E-state index in [1.807, 2.05) is 19.1 Å². The summed E-state index contributed by atoms with van der Waals surface area (Å²) in [5, 5.41) is 0. The summed E-state index contributed by atoms with van der Waals surface area (Å²) in [6, 6.07) is 3.92. The number of thiophene rings is 1. The molecule has 0 saturated carbocycles. The van der Waals surface area contributed by atoms with Crippen LogP contribution in [0.1, 0.15) is 16.2 Å². The van der Waals surface area contributed by atoms with E-state index < -0.39 is 10.0 Å². The molecule has 15 heavy (non-hydrogen) atoms. The van der Waals surface area contributed by atoms with Crippen molar-refractivity contribution >= 4 is 21.4 Å². The highest BCUT2D eigenvalue weighted by Crippen LogP contribution is 2.14. The first-order chi connectivity index (χ1) is 7.03. The molecule has 4 nitrogen and oxygen atoms in total. The Kier molecular flexibility index (Phi) is 4.72. The molecule has 0 unspecified atom stereocenters. The Morgan fingerprint density at radius 3 is 2.73 bits per heavy atom. The van der Waals surface area contributed by atoms with E-state index in [2.05, 4.69) is 4.72 Å². The molecule has 0 aromatic carbocycles. The molecule has 1 rings (SSSR count). The van der Waals surface area contributed by atoms with E-state index in [9.17, 15) is 8.42 Å². The van der Waals surface area contributed by atoms with Crippen molar-refractivity contribution in [1.29, 1.82) is 0 Å². The van der Waals surface area contributed by atoms with Crippen LogP contribution in [0.3, 0.4) is 0 Å². The van der Waals surface area contributed by atoms with Gasteiger partial charge in [0.1, 0.15) is 0 Å². The Balaban J connectivity index is 2.42. The van der Waals surface area contributed by atoms with Crippen LogP contribution in [-0.4, -0.2) is 20.7 Å². The molecule has 6 heteroatoms. The summed E-state index contributed by atoms with van der Waals surface area (Å²) in [4.78, 5) is 2.22. The molecule has 0 amide bonds. The van der Waals surface area contributed by atoms with Gasteiger partial charge in [-0.25, -0.2) is 13.1 Å². The fourth-order valence-electron chi connectivity index (χ4n) is 1.11. The van der Waals surface area contributed by atoms with Crippen molar-refractivity contribution in [2.24, 2.45) is 5.73 Å². The quantitative estimate of drug-likeness (QED) is 0.783. The van der Waals surface area contributed by atoms with Crippen molar-refractivity contribution in [2.75, 3.05) is 12.3 Å². The first-order valence-electron chi connectivity index (χ1n) is 4.76. The topological polar surface area (TPSA) is 72.2 Å². The molecule has 1 heterocycles. The molecule has 0 aliphatic rings. The Morgan fingerprint density at radius 2 is 2.20 bits per heavy atom. The zero-order chi connectivity index (χ0) is 11.3. The predicted molar refractivity (Wildman–Crippen MR) is 63.4 cm³/mol. The Morgan fingerprint density at radius 1 is 1.47 bits per heavy atom. The number of hydrogen-bond acceptors (Lipinski definition) is 4. The second kappa shape index (κ2) is 5.60. The van der Waals surface area contributed by atoms with E-state index in [0.29, 0.717) is 19.5 Å². The summed E-state index contributed by atoms with van der Waals surface area (Å²) >= 11 is 1.60. The minimum absolute atomic E-state index is 0.105. The van der Waals surface area contributed by atoms with Gasteiger partial charge < -0.3 is 5.73 Å². The number of rotatable bonds is 6. The van der Waals surface area contributed by atoms with E-state index >= 15 is 0 Å². The van der Waals surface area contributed by atoms with Crippen LogP contribution in [0.5, 0.6) is 0 Å². The van der Waals surface area contributed by atoms with E-state index in [1.54, 1.807) is 11.3 Å². The lowest BCUT2D eigenvalue weighted by molar-refractivity contribution is 0.579. The van der Waals surface area contributed by atoms with Gasteiger partial charge in [0.15, 0.2) is 0 Å². The van der Waals surface area contributed by atoms with E-state index in [0.717, 1.165) is 4.88 Å². The van der Waals surface area contributed by atoms with E-state index in [4.69, 9.17) is 5.73 Å². The minimum Gasteiger partial charge on any atom is -0.330 e. The van der Waals surface area contributed by atoms with Gasteiger partial charge in [-0.15, -0.1) is 11.3 Å². The molecule has 0 bridgehead atoms. The fourth-order valence-corrected chi connectivity index (χ4v) is 3.09. The molecule has 3 N–H and O–H groups in total. The van der Waals surface area contributed by atoms with Gasteiger partial charge in [-0.1, -0.05) is 0 Å². The van der Waals surface area contributed by atoms with Gasteiger partial charge in [-0.3, -0.25) is 0 Å². The van der Waals surface area contributed by atoms with Crippen molar-refractivity contribution in [3.05, 3.63) is 21.9 Å². The maximum atomic E-state index is 11.4. The van der Waals surface area contributed by atoms with Crippen molar-refractivity contribution in [3.63, 3.8) is 0 Å². The summed E-state index contributed by atoms with van der Waals surface area (Å²) in [5.74, 6) is 0.105. The second-order valence-electron chi connectivity index (χ2n) is 3.29. The molecule has 1 aromatic heterocycles.